The molecule has 0 bridgehead atoms. The van der Waals surface area contributed by atoms with Crippen LogP contribution in [0.15, 0.2) is 0 Å². The molecule has 0 spiro atoms. The van der Waals surface area contributed by atoms with Crippen LogP contribution in [0.4, 0.5) is 4.79 Å². The van der Waals surface area contributed by atoms with Crippen molar-refractivity contribution in [3.05, 3.63) is 0 Å². The van der Waals surface area contributed by atoms with Gasteiger partial charge in [-0.1, -0.05) is 0 Å². The van der Waals surface area contributed by atoms with Gasteiger partial charge in [-0.3, -0.25) is 0 Å². The van der Waals surface area contributed by atoms with Crippen molar-refractivity contribution in [1.29, 1.82) is 0 Å². The summed E-state index contributed by atoms with van der Waals surface area (Å²) in [5, 5.41) is 14.6. The number of carboxylic acids is 1. The minimum Gasteiger partial charge on any atom is -0.480 e. The van der Waals surface area contributed by atoms with Gasteiger partial charge in [-0.25, -0.2) is 9.59 Å². The number of rotatable bonds is 4. The van der Waals surface area contributed by atoms with E-state index < -0.39 is 12.0 Å². The maximum absolute atomic E-state index is 11.8. The van der Waals surface area contributed by atoms with Gasteiger partial charge in [0.2, 0.25) is 0 Å². The molecule has 6 nitrogen and oxygen atoms in total. The van der Waals surface area contributed by atoms with E-state index >= 15 is 0 Å². The van der Waals surface area contributed by atoms with Crippen molar-refractivity contribution in [3.63, 3.8) is 0 Å². The first-order valence-corrected chi connectivity index (χ1v) is 6.97. The number of urea groups is 1. The first-order valence-electron chi connectivity index (χ1n) is 6.97. The molecule has 108 valence electrons. The molecule has 1 saturated carbocycles. The summed E-state index contributed by atoms with van der Waals surface area (Å²) in [6.45, 7) is 3.09. The van der Waals surface area contributed by atoms with Gasteiger partial charge in [0.25, 0.3) is 0 Å². The van der Waals surface area contributed by atoms with Crippen molar-refractivity contribution < 1.29 is 14.7 Å². The number of hydrogen-bond donors (Lipinski definition) is 3. The predicted molar refractivity (Wildman–Crippen MR) is 70.9 cm³/mol. The number of aliphatic carboxylic acids is 1. The number of nitrogens with zero attached hydrogens (tertiary/aromatic N) is 1. The summed E-state index contributed by atoms with van der Waals surface area (Å²) in [5.74, 6) is -0.825. The van der Waals surface area contributed by atoms with E-state index in [-0.39, 0.29) is 18.0 Å². The summed E-state index contributed by atoms with van der Waals surface area (Å²) in [5.41, 5.74) is 0. The van der Waals surface area contributed by atoms with E-state index in [0.29, 0.717) is 6.04 Å². The van der Waals surface area contributed by atoms with E-state index in [1.165, 1.54) is 0 Å². The van der Waals surface area contributed by atoms with Gasteiger partial charge in [0.05, 0.1) is 0 Å². The fourth-order valence-electron chi connectivity index (χ4n) is 2.60. The van der Waals surface area contributed by atoms with Crippen molar-refractivity contribution in [2.24, 2.45) is 5.92 Å². The molecule has 3 atom stereocenters. The summed E-state index contributed by atoms with van der Waals surface area (Å²) < 4.78 is 0. The van der Waals surface area contributed by atoms with Gasteiger partial charge >= 0.3 is 12.0 Å². The quantitative estimate of drug-likeness (QED) is 0.699. The van der Waals surface area contributed by atoms with E-state index in [2.05, 4.69) is 29.5 Å². The molecule has 1 aliphatic carbocycles. The van der Waals surface area contributed by atoms with E-state index in [1.807, 2.05) is 0 Å². The zero-order valence-corrected chi connectivity index (χ0v) is 11.6. The van der Waals surface area contributed by atoms with E-state index in [0.717, 1.165) is 32.2 Å². The molecule has 0 aromatic rings. The molecule has 0 radical (unpaired) electrons. The van der Waals surface area contributed by atoms with Crippen LogP contribution in [0.1, 0.15) is 32.6 Å². The average molecular weight is 269 g/mol. The first-order chi connectivity index (χ1) is 8.97. The summed E-state index contributed by atoms with van der Waals surface area (Å²) in [6, 6.07) is -0.498. The Hall–Kier alpha value is -1.30. The highest BCUT2D eigenvalue weighted by Crippen LogP contribution is 2.32. The molecule has 1 aliphatic heterocycles. The zero-order valence-electron chi connectivity index (χ0n) is 11.6. The Balaban J connectivity index is 1.79. The fraction of sp³-hybridized carbons (Fsp3) is 0.846. The largest absolute Gasteiger partial charge is 0.480 e. The molecule has 3 N–H and O–H groups in total. The molecule has 0 aromatic carbocycles. The lowest BCUT2D eigenvalue weighted by Gasteiger charge is -2.35. The smallest absolute Gasteiger partial charge is 0.326 e. The molecule has 2 amide bonds. The topological polar surface area (TPSA) is 81.7 Å². The standard InChI is InChI=1S/C13H23N3O3/c1-8-7-10(5-6-16(8)2)14-13(19)15-11(12(17)18)9-3-4-9/h8-11H,3-7H2,1-2H3,(H,17,18)(H2,14,15,19). The molecular weight excluding hydrogens is 246 g/mol. The second-order valence-corrected chi connectivity index (χ2v) is 5.82. The Kier molecular flexibility index (Phi) is 4.29. The number of amides is 2. The molecule has 0 aromatic heterocycles. The van der Waals surface area contributed by atoms with Crippen LogP contribution in [-0.2, 0) is 4.79 Å². The predicted octanol–water partition coefficient (Wildman–Crippen LogP) is 0.631. The van der Waals surface area contributed by atoms with Crippen molar-refractivity contribution in [2.75, 3.05) is 13.6 Å². The highest BCUT2D eigenvalue weighted by atomic mass is 16.4. The number of piperidine rings is 1. The number of carbonyl (C=O) groups excluding carboxylic acids is 1. The number of carboxylic acid groups (broad SMARTS) is 1. The second kappa shape index (κ2) is 5.77. The monoisotopic (exact) mass is 269 g/mol. The van der Waals surface area contributed by atoms with Crippen LogP contribution in [0, 0.1) is 5.92 Å². The summed E-state index contributed by atoms with van der Waals surface area (Å²) in [7, 11) is 2.08. The van der Waals surface area contributed by atoms with Gasteiger partial charge in [0.1, 0.15) is 6.04 Å². The van der Waals surface area contributed by atoms with E-state index in [4.69, 9.17) is 5.11 Å². The van der Waals surface area contributed by atoms with Crippen LogP contribution < -0.4 is 10.6 Å². The SMILES string of the molecule is CC1CC(NC(=O)NC(C(=O)O)C2CC2)CCN1C. The molecule has 2 rings (SSSR count). The maximum Gasteiger partial charge on any atom is 0.326 e. The molecule has 2 aliphatic rings. The van der Waals surface area contributed by atoms with Gasteiger partial charge in [-0.05, 0) is 45.6 Å². The van der Waals surface area contributed by atoms with E-state index in [1.54, 1.807) is 0 Å². The minimum absolute atomic E-state index is 0.111. The van der Waals surface area contributed by atoms with Crippen molar-refractivity contribution in [1.82, 2.24) is 15.5 Å². The first kappa shape index (κ1) is 14.1. The van der Waals surface area contributed by atoms with Gasteiger partial charge in [0, 0.05) is 18.6 Å². The van der Waals surface area contributed by atoms with Crippen molar-refractivity contribution in [3.8, 4) is 0 Å². The van der Waals surface area contributed by atoms with Crippen molar-refractivity contribution >= 4 is 12.0 Å². The van der Waals surface area contributed by atoms with Crippen LogP contribution in [0.5, 0.6) is 0 Å². The highest BCUT2D eigenvalue weighted by molar-refractivity contribution is 5.83. The molecule has 6 heteroatoms. The van der Waals surface area contributed by atoms with Crippen LogP contribution in [0.25, 0.3) is 0 Å². The van der Waals surface area contributed by atoms with Crippen LogP contribution >= 0.6 is 0 Å². The van der Waals surface area contributed by atoms with Gasteiger partial charge in [-0.2, -0.15) is 0 Å². The summed E-state index contributed by atoms with van der Waals surface area (Å²) >= 11 is 0. The Morgan fingerprint density at radius 1 is 1.32 bits per heavy atom. The second-order valence-electron chi connectivity index (χ2n) is 5.82. The third-order valence-corrected chi connectivity index (χ3v) is 4.19. The van der Waals surface area contributed by atoms with Crippen molar-refractivity contribution in [2.45, 2.75) is 50.7 Å². The van der Waals surface area contributed by atoms with Gasteiger partial charge in [0.15, 0.2) is 0 Å². The Bertz CT molecular complexity index is 357. The highest BCUT2D eigenvalue weighted by Gasteiger charge is 2.37. The van der Waals surface area contributed by atoms with Gasteiger partial charge < -0.3 is 20.6 Å². The molecule has 1 heterocycles. The lowest BCUT2D eigenvalue weighted by Crippen LogP contribution is -2.53. The number of carbonyl (C=O) groups is 2. The van der Waals surface area contributed by atoms with Crippen LogP contribution in [0.3, 0.4) is 0 Å². The van der Waals surface area contributed by atoms with E-state index in [9.17, 15) is 9.59 Å². The maximum atomic E-state index is 11.8. The number of hydrogen-bond acceptors (Lipinski definition) is 3. The Labute approximate surface area is 113 Å². The molecule has 1 saturated heterocycles. The molecule has 19 heavy (non-hydrogen) atoms. The third kappa shape index (κ3) is 3.83. The Morgan fingerprint density at radius 2 is 2.00 bits per heavy atom. The molecule has 3 unspecified atom stereocenters. The minimum atomic E-state index is -0.936. The van der Waals surface area contributed by atoms with Crippen LogP contribution in [0.2, 0.25) is 0 Å². The summed E-state index contributed by atoms with van der Waals surface area (Å²) in [4.78, 5) is 25.2. The molecular formula is C13H23N3O3. The van der Waals surface area contributed by atoms with Crippen LogP contribution in [-0.4, -0.2) is 53.7 Å². The average Bonchev–Trinajstić information content (AvgIpc) is 3.14. The number of nitrogens with one attached hydrogen (secondary N) is 2. The Morgan fingerprint density at radius 3 is 2.53 bits per heavy atom. The number of likely N-dealkylation sites (tertiary alicyclic amines) is 1. The summed E-state index contributed by atoms with van der Waals surface area (Å²) in [6.07, 6.45) is 3.60. The third-order valence-electron chi connectivity index (χ3n) is 4.19. The lowest BCUT2D eigenvalue weighted by atomic mass is 9.99. The van der Waals surface area contributed by atoms with Gasteiger partial charge in [-0.15, -0.1) is 0 Å². The molecule has 2 fully saturated rings. The normalized spacial score (nSPS) is 29.6. The zero-order chi connectivity index (χ0) is 14.0. The fourth-order valence-corrected chi connectivity index (χ4v) is 2.60. The lowest BCUT2D eigenvalue weighted by molar-refractivity contribution is -0.139.